The van der Waals surface area contributed by atoms with E-state index in [0.717, 1.165) is 30.7 Å². The van der Waals surface area contributed by atoms with Gasteiger partial charge in [-0.2, -0.15) is 0 Å². The summed E-state index contributed by atoms with van der Waals surface area (Å²) in [5.74, 6) is 0.656. The standard InChI is InChI=1S/C15H15F3N2O2/c16-15(17,18)22-12-4-2-11(3-5-12)21-8-10-1-6-13-14(7-10)20-9-19-13/h2-5,9-10H,1,6-8H2,(H,19,20). The summed E-state index contributed by atoms with van der Waals surface area (Å²) >= 11 is 0. The normalized spacial score (nSPS) is 17.9. The van der Waals surface area contributed by atoms with E-state index in [1.54, 1.807) is 6.33 Å². The maximum Gasteiger partial charge on any atom is 0.573 e. The molecule has 0 saturated carbocycles. The van der Waals surface area contributed by atoms with Crippen LogP contribution in [0.1, 0.15) is 17.8 Å². The van der Waals surface area contributed by atoms with Crippen molar-refractivity contribution in [3.05, 3.63) is 42.0 Å². The SMILES string of the molecule is FC(F)(F)Oc1ccc(OCC2CCc3nc[nH]c3C2)cc1. The van der Waals surface area contributed by atoms with Crippen molar-refractivity contribution >= 4 is 0 Å². The molecule has 1 aliphatic rings. The van der Waals surface area contributed by atoms with Gasteiger partial charge in [0, 0.05) is 5.69 Å². The summed E-state index contributed by atoms with van der Waals surface area (Å²) in [6.45, 7) is 0.526. The van der Waals surface area contributed by atoms with Crippen molar-refractivity contribution in [2.75, 3.05) is 6.61 Å². The number of hydrogen-bond acceptors (Lipinski definition) is 3. The number of aromatic amines is 1. The number of aryl methyl sites for hydroxylation is 1. The highest BCUT2D eigenvalue weighted by atomic mass is 19.4. The third-order valence-electron chi connectivity index (χ3n) is 3.63. The number of hydrogen-bond donors (Lipinski definition) is 1. The lowest BCUT2D eigenvalue weighted by molar-refractivity contribution is -0.274. The van der Waals surface area contributed by atoms with E-state index in [9.17, 15) is 13.2 Å². The topological polar surface area (TPSA) is 47.1 Å². The number of nitrogens with zero attached hydrogens (tertiary/aromatic N) is 1. The first kappa shape index (κ1) is 14.7. The first-order valence-corrected chi connectivity index (χ1v) is 6.99. The third-order valence-corrected chi connectivity index (χ3v) is 3.63. The van der Waals surface area contributed by atoms with Crippen LogP contribution in [0.25, 0.3) is 0 Å². The largest absolute Gasteiger partial charge is 0.573 e. The molecule has 1 aromatic carbocycles. The molecule has 3 rings (SSSR count). The number of imidazole rings is 1. The van der Waals surface area contributed by atoms with Gasteiger partial charge in [0.15, 0.2) is 0 Å². The zero-order valence-electron chi connectivity index (χ0n) is 11.7. The lowest BCUT2D eigenvalue weighted by atomic mass is 9.90. The Kier molecular flexibility index (Phi) is 3.96. The summed E-state index contributed by atoms with van der Waals surface area (Å²) < 4.78 is 45.7. The predicted octanol–water partition coefficient (Wildman–Crippen LogP) is 3.49. The second kappa shape index (κ2) is 5.90. The molecule has 22 heavy (non-hydrogen) atoms. The van der Waals surface area contributed by atoms with Gasteiger partial charge >= 0.3 is 6.36 Å². The van der Waals surface area contributed by atoms with E-state index in [-0.39, 0.29) is 5.75 Å². The van der Waals surface area contributed by atoms with Crippen LogP contribution in [0.15, 0.2) is 30.6 Å². The fourth-order valence-corrected chi connectivity index (χ4v) is 2.57. The van der Waals surface area contributed by atoms with Gasteiger partial charge in [0.1, 0.15) is 11.5 Å². The van der Waals surface area contributed by atoms with Crippen LogP contribution in [0, 0.1) is 5.92 Å². The second-order valence-electron chi connectivity index (χ2n) is 5.27. The molecule has 0 fully saturated rings. The minimum Gasteiger partial charge on any atom is -0.493 e. The highest BCUT2D eigenvalue weighted by Crippen LogP contribution is 2.26. The number of ether oxygens (including phenoxy) is 2. The molecule has 0 spiro atoms. The Morgan fingerprint density at radius 3 is 2.64 bits per heavy atom. The summed E-state index contributed by atoms with van der Waals surface area (Å²) in [4.78, 5) is 7.37. The molecule has 0 saturated heterocycles. The predicted molar refractivity (Wildman–Crippen MR) is 72.7 cm³/mol. The molecule has 7 heteroatoms. The average molecular weight is 312 g/mol. The molecule has 1 heterocycles. The van der Waals surface area contributed by atoms with Crippen molar-refractivity contribution < 1.29 is 22.6 Å². The number of halogens is 3. The minimum absolute atomic E-state index is 0.250. The van der Waals surface area contributed by atoms with Gasteiger partial charge in [-0.15, -0.1) is 13.2 Å². The maximum absolute atomic E-state index is 12.1. The van der Waals surface area contributed by atoms with E-state index in [2.05, 4.69) is 14.7 Å². The summed E-state index contributed by atoms with van der Waals surface area (Å²) in [7, 11) is 0. The Morgan fingerprint density at radius 1 is 1.18 bits per heavy atom. The minimum atomic E-state index is -4.67. The van der Waals surface area contributed by atoms with Gasteiger partial charge in [0.2, 0.25) is 0 Å². The highest BCUT2D eigenvalue weighted by molar-refractivity contribution is 5.31. The molecular weight excluding hydrogens is 297 g/mol. The Morgan fingerprint density at radius 2 is 1.91 bits per heavy atom. The summed E-state index contributed by atoms with van der Waals surface area (Å²) in [5, 5.41) is 0. The number of aromatic nitrogens is 2. The monoisotopic (exact) mass is 312 g/mol. The number of nitrogens with one attached hydrogen (secondary N) is 1. The summed E-state index contributed by atoms with van der Waals surface area (Å²) in [6.07, 6.45) is -0.178. The molecule has 1 atom stereocenters. The molecule has 118 valence electrons. The maximum atomic E-state index is 12.1. The third kappa shape index (κ3) is 3.72. The van der Waals surface area contributed by atoms with E-state index >= 15 is 0 Å². The first-order valence-electron chi connectivity index (χ1n) is 6.99. The number of benzene rings is 1. The Bertz CT molecular complexity index is 622. The van der Waals surface area contributed by atoms with E-state index < -0.39 is 6.36 Å². The van der Waals surface area contributed by atoms with Crippen LogP contribution >= 0.6 is 0 Å². The lowest BCUT2D eigenvalue weighted by Crippen LogP contribution is -2.20. The molecule has 0 amide bonds. The summed E-state index contributed by atoms with van der Waals surface area (Å²) in [5.41, 5.74) is 2.26. The van der Waals surface area contributed by atoms with Crippen LogP contribution in [0.4, 0.5) is 13.2 Å². The smallest absolute Gasteiger partial charge is 0.493 e. The van der Waals surface area contributed by atoms with Gasteiger partial charge in [0.05, 0.1) is 18.6 Å². The van der Waals surface area contributed by atoms with E-state index in [0.29, 0.717) is 18.3 Å². The molecule has 0 aliphatic heterocycles. The molecule has 2 aromatic rings. The van der Waals surface area contributed by atoms with Gasteiger partial charge in [-0.1, -0.05) is 0 Å². The van der Waals surface area contributed by atoms with E-state index in [1.807, 2.05) is 0 Å². The van der Waals surface area contributed by atoms with Crippen LogP contribution in [0.3, 0.4) is 0 Å². The second-order valence-corrected chi connectivity index (χ2v) is 5.27. The quantitative estimate of drug-likeness (QED) is 0.940. The number of alkyl halides is 3. The van der Waals surface area contributed by atoms with Crippen molar-refractivity contribution in [1.82, 2.24) is 9.97 Å². The van der Waals surface area contributed by atoms with Crippen molar-refractivity contribution in [2.24, 2.45) is 5.92 Å². The van der Waals surface area contributed by atoms with Gasteiger partial charge in [0.25, 0.3) is 0 Å². The number of rotatable bonds is 4. The zero-order valence-corrected chi connectivity index (χ0v) is 11.7. The van der Waals surface area contributed by atoms with Gasteiger partial charge < -0.3 is 14.5 Å². The zero-order chi connectivity index (χ0) is 15.6. The van der Waals surface area contributed by atoms with Gasteiger partial charge in [-0.3, -0.25) is 0 Å². The van der Waals surface area contributed by atoms with Crippen LogP contribution in [-0.4, -0.2) is 22.9 Å². The van der Waals surface area contributed by atoms with Crippen LogP contribution < -0.4 is 9.47 Å². The molecule has 1 unspecified atom stereocenters. The van der Waals surface area contributed by atoms with Crippen molar-refractivity contribution in [2.45, 2.75) is 25.6 Å². The van der Waals surface area contributed by atoms with E-state index in [4.69, 9.17) is 4.74 Å². The highest BCUT2D eigenvalue weighted by Gasteiger charge is 2.31. The van der Waals surface area contributed by atoms with Crippen molar-refractivity contribution in [3.63, 3.8) is 0 Å². The number of H-pyrrole nitrogens is 1. The molecule has 1 N–H and O–H groups in total. The molecule has 4 nitrogen and oxygen atoms in total. The fourth-order valence-electron chi connectivity index (χ4n) is 2.57. The molecule has 1 aliphatic carbocycles. The molecular formula is C15H15F3N2O2. The average Bonchev–Trinajstić information content (AvgIpc) is 2.92. The van der Waals surface area contributed by atoms with Gasteiger partial charge in [-0.05, 0) is 49.4 Å². The van der Waals surface area contributed by atoms with E-state index in [1.165, 1.54) is 24.3 Å². The van der Waals surface area contributed by atoms with Gasteiger partial charge in [-0.25, -0.2) is 4.98 Å². The lowest BCUT2D eigenvalue weighted by Gasteiger charge is -2.21. The Labute approximate surface area is 125 Å². The summed E-state index contributed by atoms with van der Waals surface area (Å²) in [6, 6.07) is 5.45. The molecule has 0 radical (unpaired) electrons. The van der Waals surface area contributed by atoms with Crippen LogP contribution in [-0.2, 0) is 12.8 Å². The number of fused-ring (bicyclic) bond motifs is 1. The van der Waals surface area contributed by atoms with Crippen LogP contribution in [0.5, 0.6) is 11.5 Å². The fraction of sp³-hybridized carbons (Fsp3) is 0.400. The molecule has 1 aromatic heterocycles. The van der Waals surface area contributed by atoms with Crippen molar-refractivity contribution in [3.8, 4) is 11.5 Å². The Hall–Kier alpha value is -2.18. The Balaban J connectivity index is 1.52. The van der Waals surface area contributed by atoms with Crippen LogP contribution in [0.2, 0.25) is 0 Å². The molecule has 0 bridgehead atoms. The van der Waals surface area contributed by atoms with Crippen molar-refractivity contribution in [1.29, 1.82) is 0 Å². The first-order chi connectivity index (χ1) is 10.5.